The molecule has 1 N–H and O–H groups in total. The molecule has 9 nitrogen and oxygen atoms in total. The molecule has 140 valence electrons. The maximum absolute atomic E-state index is 12.1. The van der Waals surface area contributed by atoms with E-state index < -0.39 is 4.92 Å². The van der Waals surface area contributed by atoms with Gasteiger partial charge in [-0.3, -0.25) is 24.3 Å². The molecule has 2 heterocycles. The molecule has 0 bridgehead atoms. The molecule has 3 aromatic rings. The molecule has 0 aliphatic carbocycles. The van der Waals surface area contributed by atoms with Crippen molar-refractivity contribution in [2.45, 2.75) is 26.4 Å². The molecule has 10 heteroatoms. The maximum atomic E-state index is 12.1. The number of anilines is 1. The number of nitrogens with zero attached hydrogens (tertiary/aromatic N) is 5. The molecule has 0 unspecified atom stereocenters. The molecule has 0 aliphatic heterocycles. The van der Waals surface area contributed by atoms with Gasteiger partial charge in [0.1, 0.15) is 11.9 Å². The van der Waals surface area contributed by atoms with Gasteiger partial charge in [-0.1, -0.05) is 29.8 Å². The van der Waals surface area contributed by atoms with Crippen molar-refractivity contribution >= 4 is 29.0 Å². The predicted octanol–water partition coefficient (Wildman–Crippen LogP) is 3.03. The van der Waals surface area contributed by atoms with E-state index in [4.69, 9.17) is 11.6 Å². The lowest BCUT2D eigenvalue weighted by Gasteiger charge is -2.05. The highest BCUT2D eigenvalue weighted by molar-refractivity contribution is 6.31. The Balaban J connectivity index is 1.55. The van der Waals surface area contributed by atoms with E-state index in [0.29, 0.717) is 23.1 Å². The van der Waals surface area contributed by atoms with E-state index in [1.54, 1.807) is 23.9 Å². The molecule has 0 radical (unpaired) electrons. The van der Waals surface area contributed by atoms with E-state index in [9.17, 15) is 14.9 Å². The molecule has 1 amide bonds. The van der Waals surface area contributed by atoms with E-state index in [-0.39, 0.29) is 24.6 Å². The van der Waals surface area contributed by atoms with E-state index in [2.05, 4.69) is 15.5 Å². The highest BCUT2D eigenvalue weighted by atomic mass is 35.5. The third kappa shape index (κ3) is 4.50. The molecular weight excluding hydrogens is 372 g/mol. The molecule has 0 saturated heterocycles. The fourth-order valence-corrected chi connectivity index (χ4v) is 2.77. The summed E-state index contributed by atoms with van der Waals surface area (Å²) in [4.78, 5) is 22.4. The Hall–Kier alpha value is -3.20. The number of hydrogen-bond donors (Lipinski definition) is 1. The Bertz CT molecular complexity index is 981. The number of carbonyl (C=O) groups is 1. The van der Waals surface area contributed by atoms with E-state index in [1.807, 2.05) is 24.3 Å². The number of nitro groups is 1. The zero-order chi connectivity index (χ0) is 19.4. The van der Waals surface area contributed by atoms with Crippen LogP contribution in [0.4, 0.5) is 11.5 Å². The molecule has 27 heavy (non-hydrogen) atoms. The van der Waals surface area contributed by atoms with Gasteiger partial charge in [-0.05, 0) is 18.6 Å². The van der Waals surface area contributed by atoms with Gasteiger partial charge >= 0.3 is 5.69 Å². The van der Waals surface area contributed by atoms with Crippen LogP contribution in [-0.4, -0.2) is 30.4 Å². The largest absolute Gasteiger partial charge is 0.309 e. The second kappa shape index (κ2) is 8.00. The molecule has 3 rings (SSSR count). The standard InChI is InChI=1S/C17H17ClN6O3/c1-12-15(24(26)27)10-19-23(12)9-7-17(25)20-16-6-8-22(21-16)11-13-4-2-3-5-14(13)18/h2-6,8,10H,7,9,11H2,1H3,(H,20,21,25). The number of hydrogen-bond acceptors (Lipinski definition) is 5. The summed E-state index contributed by atoms with van der Waals surface area (Å²) in [6.45, 7) is 2.33. The molecule has 1 aromatic carbocycles. The van der Waals surface area contributed by atoms with Crippen LogP contribution in [0.3, 0.4) is 0 Å². The summed E-state index contributed by atoms with van der Waals surface area (Å²) in [6, 6.07) is 9.17. The van der Waals surface area contributed by atoms with Gasteiger partial charge in [0.05, 0.1) is 18.0 Å². The number of nitrogens with one attached hydrogen (secondary N) is 1. The van der Waals surface area contributed by atoms with Crippen molar-refractivity contribution in [3.05, 3.63) is 69.1 Å². The first-order valence-electron chi connectivity index (χ1n) is 8.17. The highest BCUT2D eigenvalue weighted by Crippen LogP contribution is 2.17. The van der Waals surface area contributed by atoms with Crippen LogP contribution in [0.1, 0.15) is 17.7 Å². The number of rotatable bonds is 7. The van der Waals surface area contributed by atoms with Crippen molar-refractivity contribution in [3.8, 4) is 0 Å². The second-order valence-electron chi connectivity index (χ2n) is 5.88. The summed E-state index contributed by atoms with van der Waals surface area (Å²) >= 11 is 6.14. The van der Waals surface area contributed by atoms with Crippen molar-refractivity contribution in [1.82, 2.24) is 19.6 Å². The first kappa shape index (κ1) is 18.6. The van der Waals surface area contributed by atoms with Crippen LogP contribution >= 0.6 is 11.6 Å². The zero-order valence-corrected chi connectivity index (χ0v) is 15.3. The average Bonchev–Trinajstić information content (AvgIpc) is 3.21. The third-order valence-electron chi connectivity index (χ3n) is 4.02. The smallest absolute Gasteiger partial charge is 0.309 e. The van der Waals surface area contributed by atoms with Gasteiger partial charge in [-0.25, -0.2) is 0 Å². The molecule has 0 aliphatic rings. The van der Waals surface area contributed by atoms with Crippen molar-refractivity contribution in [2.24, 2.45) is 0 Å². The highest BCUT2D eigenvalue weighted by Gasteiger charge is 2.16. The number of benzene rings is 1. The van der Waals surface area contributed by atoms with Crippen molar-refractivity contribution in [2.75, 3.05) is 5.32 Å². The Kier molecular flexibility index (Phi) is 5.51. The molecule has 0 spiro atoms. The Morgan fingerprint density at radius 1 is 1.33 bits per heavy atom. The van der Waals surface area contributed by atoms with Gasteiger partial charge in [0, 0.05) is 23.7 Å². The molecule has 2 aromatic heterocycles. The van der Waals surface area contributed by atoms with E-state index in [1.165, 1.54) is 10.9 Å². The van der Waals surface area contributed by atoms with Crippen LogP contribution in [0.2, 0.25) is 5.02 Å². The number of aromatic nitrogens is 4. The van der Waals surface area contributed by atoms with Crippen LogP contribution < -0.4 is 5.32 Å². The lowest BCUT2D eigenvalue weighted by atomic mass is 10.2. The molecular formula is C17H17ClN6O3. The minimum Gasteiger partial charge on any atom is -0.309 e. The number of carbonyl (C=O) groups excluding carboxylic acids is 1. The van der Waals surface area contributed by atoms with Crippen LogP contribution in [0.25, 0.3) is 0 Å². The molecule has 0 atom stereocenters. The predicted molar refractivity (Wildman–Crippen MR) is 99.6 cm³/mol. The van der Waals surface area contributed by atoms with Gasteiger partial charge < -0.3 is 5.32 Å². The van der Waals surface area contributed by atoms with Gasteiger partial charge in [0.25, 0.3) is 0 Å². The normalized spacial score (nSPS) is 10.7. The van der Waals surface area contributed by atoms with E-state index in [0.717, 1.165) is 5.56 Å². The van der Waals surface area contributed by atoms with Crippen molar-refractivity contribution in [1.29, 1.82) is 0 Å². The monoisotopic (exact) mass is 388 g/mol. The SMILES string of the molecule is Cc1c([N+](=O)[O-])cnn1CCC(=O)Nc1ccn(Cc2ccccc2Cl)n1. The summed E-state index contributed by atoms with van der Waals surface area (Å²) in [7, 11) is 0. The van der Waals surface area contributed by atoms with Crippen molar-refractivity contribution < 1.29 is 9.72 Å². The number of halogens is 1. The summed E-state index contributed by atoms with van der Waals surface area (Å²) < 4.78 is 3.12. The molecule has 0 saturated carbocycles. The lowest BCUT2D eigenvalue weighted by Crippen LogP contribution is -2.16. The van der Waals surface area contributed by atoms with Gasteiger partial charge in [0.15, 0.2) is 5.82 Å². The second-order valence-corrected chi connectivity index (χ2v) is 6.29. The summed E-state index contributed by atoms with van der Waals surface area (Å²) in [6.07, 6.45) is 3.06. The summed E-state index contributed by atoms with van der Waals surface area (Å²) in [5, 5.41) is 22.4. The van der Waals surface area contributed by atoms with Crippen LogP contribution in [0, 0.1) is 17.0 Å². The topological polar surface area (TPSA) is 108 Å². The average molecular weight is 389 g/mol. The summed E-state index contributed by atoms with van der Waals surface area (Å²) in [5.41, 5.74) is 1.28. The number of amides is 1. The van der Waals surface area contributed by atoms with Crippen molar-refractivity contribution in [3.63, 3.8) is 0 Å². The fraction of sp³-hybridized carbons (Fsp3) is 0.235. The molecule has 0 fully saturated rings. The minimum absolute atomic E-state index is 0.0614. The zero-order valence-electron chi connectivity index (χ0n) is 14.5. The Labute approximate surface area is 159 Å². The summed E-state index contributed by atoms with van der Waals surface area (Å²) in [5.74, 6) is 0.172. The third-order valence-corrected chi connectivity index (χ3v) is 4.39. The number of aryl methyl sites for hydroxylation is 1. The first-order chi connectivity index (χ1) is 12.9. The van der Waals surface area contributed by atoms with E-state index >= 15 is 0 Å². The van der Waals surface area contributed by atoms with Gasteiger partial charge in [0.2, 0.25) is 5.91 Å². The van der Waals surface area contributed by atoms with Crippen LogP contribution in [0.15, 0.2) is 42.7 Å². The van der Waals surface area contributed by atoms with Crippen LogP contribution in [-0.2, 0) is 17.9 Å². The lowest BCUT2D eigenvalue weighted by molar-refractivity contribution is -0.385. The van der Waals surface area contributed by atoms with Crippen LogP contribution in [0.5, 0.6) is 0 Å². The first-order valence-corrected chi connectivity index (χ1v) is 8.55. The quantitative estimate of drug-likeness (QED) is 0.494. The maximum Gasteiger partial charge on any atom is 0.309 e. The van der Waals surface area contributed by atoms with Gasteiger partial charge in [-0.15, -0.1) is 0 Å². The Morgan fingerprint density at radius 2 is 2.11 bits per heavy atom. The van der Waals surface area contributed by atoms with Gasteiger partial charge in [-0.2, -0.15) is 10.2 Å². The Morgan fingerprint density at radius 3 is 2.81 bits per heavy atom. The fourth-order valence-electron chi connectivity index (χ4n) is 2.57. The minimum atomic E-state index is -0.495.